The molecule has 8 rings (SSSR count). The molecule has 0 spiro atoms. The number of nitrogens with zero attached hydrogens (tertiary/aromatic N) is 2. The van der Waals surface area contributed by atoms with Crippen LogP contribution in [0.15, 0.2) is 152 Å². The average Bonchev–Trinajstić information content (AvgIpc) is 3.66. The first-order valence-electron chi connectivity index (χ1n) is 18.9. The van der Waals surface area contributed by atoms with E-state index in [9.17, 15) is 9.59 Å². The van der Waals surface area contributed by atoms with Gasteiger partial charge in [-0.3, -0.25) is 14.5 Å². The minimum atomic E-state index is -0.0745. The summed E-state index contributed by atoms with van der Waals surface area (Å²) in [5.41, 5.74) is 4.49. The number of aromatic nitrogens is 2. The van der Waals surface area contributed by atoms with Crippen LogP contribution in [0.5, 0.6) is 11.5 Å². The Kier molecular flexibility index (Phi) is 11.8. The van der Waals surface area contributed by atoms with Crippen molar-refractivity contribution in [3.05, 3.63) is 160 Å². The lowest BCUT2D eigenvalue weighted by molar-refractivity contribution is 0.0527. The van der Waals surface area contributed by atoms with E-state index in [1.165, 1.54) is 12.1 Å². The van der Waals surface area contributed by atoms with Crippen LogP contribution in [-0.4, -0.2) is 67.6 Å². The highest BCUT2D eigenvalue weighted by molar-refractivity contribution is 5.79. The first-order valence-corrected chi connectivity index (χ1v) is 18.9. The summed E-state index contributed by atoms with van der Waals surface area (Å²) in [5.74, 6) is 3.30. The number of rotatable bonds is 18. The van der Waals surface area contributed by atoms with Crippen molar-refractivity contribution in [2.24, 2.45) is 0 Å². The largest absolute Gasteiger partial charge is 0.491 e. The van der Waals surface area contributed by atoms with Crippen molar-refractivity contribution < 1.29 is 27.8 Å². The number of imidazole rings is 1. The molecule has 0 saturated heterocycles. The fourth-order valence-corrected chi connectivity index (χ4v) is 6.51. The second kappa shape index (κ2) is 17.9. The summed E-state index contributed by atoms with van der Waals surface area (Å²) in [7, 11) is 0. The van der Waals surface area contributed by atoms with Crippen LogP contribution in [-0.2, 0) is 16.0 Å². The van der Waals surface area contributed by atoms with Gasteiger partial charge in [0.1, 0.15) is 53.2 Å². The standard InChI is InChI=1S/C46H41N3O8/c50-40-29-44(56-42-11-5-1-7-36(40)42)32-13-17-34(18-14-32)54-27-25-52-23-21-49(31-46-47-38-9-3-4-10-39(38)48-46)22-24-53-26-28-55-35-19-15-33(16-20-35)45-30-41(51)37-8-2-6-12-43(37)57-45/h1-20,29-30H,21-28,31H2,(H,47,48). The Morgan fingerprint density at radius 2 is 1.04 bits per heavy atom. The van der Waals surface area contributed by atoms with Crippen molar-refractivity contribution in [1.82, 2.24) is 14.9 Å². The predicted octanol–water partition coefficient (Wildman–Crippen LogP) is 8.10. The zero-order chi connectivity index (χ0) is 38.8. The van der Waals surface area contributed by atoms with Gasteiger partial charge in [-0.2, -0.15) is 0 Å². The van der Waals surface area contributed by atoms with Crippen molar-refractivity contribution >= 4 is 33.0 Å². The second-order valence-corrected chi connectivity index (χ2v) is 13.4. The van der Waals surface area contributed by atoms with Gasteiger partial charge >= 0.3 is 0 Å². The number of ether oxygens (including phenoxy) is 4. The lowest BCUT2D eigenvalue weighted by Crippen LogP contribution is -2.31. The van der Waals surface area contributed by atoms with Crippen LogP contribution < -0.4 is 20.3 Å². The van der Waals surface area contributed by atoms with Crippen LogP contribution in [0, 0.1) is 0 Å². The number of H-pyrrole nitrogens is 1. The molecule has 0 unspecified atom stereocenters. The van der Waals surface area contributed by atoms with E-state index in [0.717, 1.165) is 28.0 Å². The SMILES string of the molecule is O=c1cc(-c2ccc(OCCOCCN(CCOCCOc3ccc(-c4cc(=O)c5ccccc5o4)cc3)Cc3nc4ccccc4[nH]3)cc2)oc2ccccc12. The minimum absolute atomic E-state index is 0.0745. The first-order chi connectivity index (χ1) is 28.1. The van der Waals surface area contributed by atoms with Crippen molar-refractivity contribution in [2.75, 3.05) is 52.7 Å². The van der Waals surface area contributed by atoms with Gasteiger partial charge in [0.15, 0.2) is 10.9 Å². The van der Waals surface area contributed by atoms with E-state index in [4.69, 9.17) is 32.8 Å². The van der Waals surface area contributed by atoms with Gasteiger partial charge in [0, 0.05) is 36.3 Å². The van der Waals surface area contributed by atoms with Gasteiger partial charge in [0.05, 0.1) is 54.8 Å². The maximum atomic E-state index is 12.5. The van der Waals surface area contributed by atoms with Gasteiger partial charge in [-0.25, -0.2) is 4.98 Å². The fourth-order valence-electron chi connectivity index (χ4n) is 6.51. The Labute approximate surface area is 328 Å². The van der Waals surface area contributed by atoms with E-state index in [2.05, 4.69) is 9.88 Å². The smallest absolute Gasteiger partial charge is 0.193 e. The summed E-state index contributed by atoms with van der Waals surface area (Å²) < 4.78 is 35.7. The summed E-state index contributed by atoms with van der Waals surface area (Å²) in [4.78, 5) is 35.5. The van der Waals surface area contributed by atoms with E-state index < -0.39 is 0 Å². The molecule has 0 aliphatic heterocycles. The Morgan fingerprint density at radius 1 is 0.544 bits per heavy atom. The highest BCUT2D eigenvalue weighted by atomic mass is 16.5. The third kappa shape index (κ3) is 9.47. The normalized spacial score (nSPS) is 11.5. The van der Waals surface area contributed by atoms with Gasteiger partial charge in [-0.1, -0.05) is 36.4 Å². The quantitative estimate of drug-likeness (QED) is 0.0856. The van der Waals surface area contributed by atoms with Crippen LogP contribution in [0.1, 0.15) is 5.82 Å². The third-order valence-corrected chi connectivity index (χ3v) is 9.46. The van der Waals surface area contributed by atoms with Crippen LogP contribution >= 0.6 is 0 Å². The van der Waals surface area contributed by atoms with Gasteiger partial charge < -0.3 is 32.8 Å². The maximum Gasteiger partial charge on any atom is 0.193 e. The molecule has 0 fully saturated rings. The molecule has 0 amide bonds. The molecule has 11 heteroatoms. The number of para-hydroxylation sites is 4. The van der Waals surface area contributed by atoms with E-state index in [0.29, 0.717) is 104 Å². The van der Waals surface area contributed by atoms with Crippen molar-refractivity contribution in [3.8, 4) is 34.1 Å². The summed E-state index contributed by atoms with van der Waals surface area (Å²) in [6.07, 6.45) is 0. The molecule has 0 saturated carbocycles. The number of hydrogen-bond donors (Lipinski definition) is 1. The lowest BCUT2D eigenvalue weighted by atomic mass is 10.1. The topological polar surface area (TPSA) is 129 Å². The molecule has 11 nitrogen and oxygen atoms in total. The van der Waals surface area contributed by atoms with Gasteiger partial charge in [0.2, 0.25) is 0 Å². The summed E-state index contributed by atoms with van der Waals surface area (Å²) in [5, 5.41) is 1.12. The number of benzene rings is 5. The zero-order valence-electron chi connectivity index (χ0n) is 31.2. The zero-order valence-corrected chi connectivity index (χ0v) is 31.2. The Morgan fingerprint density at radius 3 is 1.56 bits per heavy atom. The molecule has 0 atom stereocenters. The molecule has 3 heterocycles. The van der Waals surface area contributed by atoms with Crippen LogP contribution in [0.2, 0.25) is 0 Å². The third-order valence-electron chi connectivity index (χ3n) is 9.46. The lowest BCUT2D eigenvalue weighted by Gasteiger charge is -2.21. The van der Waals surface area contributed by atoms with Crippen molar-refractivity contribution in [2.45, 2.75) is 6.54 Å². The van der Waals surface area contributed by atoms with Crippen LogP contribution in [0.25, 0.3) is 55.6 Å². The van der Waals surface area contributed by atoms with Gasteiger partial charge in [-0.05, 0) is 84.9 Å². The number of hydrogen-bond acceptors (Lipinski definition) is 10. The number of aromatic amines is 1. The Balaban J connectivity index is 0.776. The first kappa shape index (κ1) is 37.4. The second-order valence-electron chi connectivity index (χ2n) is 13.4. The Hall–Kier alpha value is -6.53. The predicted molar refractivity (Wildman–Crippen MR) is 220 cm³/mol. The molecule has 0 aliphatic carbocycles. The highest BCUT2D eigenvalue weighted by Gasteiger charge is 2.12. The number of nitrogens with one attached hydrogen (secondary N) is 1. The molecule has 5 aromatic carbocycles. The van der Waals surface area contributed by atoms with E-state index in [1.54, 1.807) is 24.3 Å². The molecular weight excluding hydrogens is 723 g/mol. The van der Waals surface area contributed by atoms with Crippen molar-refractivity contribution in [1.29, 1.82) is 0 Å². The van der Waals surface area contributed by atoms with E-state index in [-0.39, 0.29) is 10.9 Å². The maximum absolute atomic E-state index is 12.5. The molecule has 288 valence electrons. The van der Waals surface area contributed by atoms with Crippen LogP contribution in [0.3, 0.4) is 0 Å². The molecular formula is C46H41N3O8. The molecule has 57 heavy (non-hydrogen) atoms. The minimum Gasteiger partial charge on any atom is -0.491 e. The number of fused-ring (bicyclic) bond motifs is 3. The fraction of sp³-hybridized carbons (Fsp3) is 0.196. The highest BCUT2D eigenvalue weighted by Crippen LogP contribution is 2.26. The average molecular weight is 764 g/mol. The van der Waals surface area contributed by atoms with Gasteiger partial charge in [0.25, 0.3) is 0 Å². The summed E-state index contributed by atoms with van der Waals surface area (Å²) in [6.45, 7) is 4.59. The molecule has 0 bridgehead atoms. The Bertz CT molecular complexity index is 2500. The van der Waals surface area contributed by atoms with Gasteiger partial charge in [-0.15, -0.1) is 0 Å². The molecule has 3 aromatic heterocycles. The molecule has 0 aliphatic rings. The van der Waals surface area contributed by atoms with E-state index >= 15 is 0 Å². The van der Waals surface area contributed by atoms with E-state index in [1.807, 2.05) is 97.1 Å². The van der Waals surface area contributed by atoms with Crippen molar-refractivity contribution in [3.63, 3.8) is 0 Å². The monoisotopic (exact) mass is 763 g/mol. The summed E-state index contributed by atoms with van der Waals surface area (Å²) in [6, 6.07) is 40.4. The molecule has 1 N–H and O–H groups in total. The molecule has 8 aromatic rings. The summed E-state index contributed by atoms with van der Waals surface area (Å²) >= 11 is 0. The van der Waals surface area contributed by atoms with Crippen LogP contribution in [0.4, 0.5) is 0 Å². The molecule has 0 radical (unpaired) electrons.